The summed E-state index contributed by atoms with van der Waals surface area (Å²) in [5, 5.41) is 4.44. The van der Waals surface area contributed by atoms with Gasteiger partial charge in [-0.15, -0.1) is 0 Å². The van der Waals surface area contributed by atoms with Crippen molar-refractivity contribution < 1.29 is 14.3 Å². The first kappa shape index (κ1) is 12.1. The molecule has 0 atom stereocenters. The highest BCUT2D eigenvalue weighted by Crippen LogP contribution is 2.22. The van der Waals surface area contributed by atoms with Crippen molar-refractivity contribution in [2.45, 2.75) is 6.92 Å². The Labute approximate surface area is 105 Å². The molecule has 1 amide bonds. The van der Waals surface area contributed by atoms with E-state index in [-0.39, 0.29) is 6.61 Å². The predicted octanol–water partition coefficient (Wildman–Crippen LogP) is 2.34. The molecule has 0 aliphatic heterocycles. The maximum atomic E-state index is 11.6. The van der Waals surface area contributed by atoms with Gasteiger partial charge in [0.15, 0.2) is 0 Å². The standard InChI is InChI=1S/C14H13NO3/c1-2-18-14(17)13(16)15-12-9-5-7-10-6-3-4-8-11(10)12/h3-9H,2H2,1H3,(H,15,16). The van der Waals surface area contributed by atoms with Crippen LogP contribution in [0, 0.1) is 0 Å². The van der Waals surface area contributed by atoms with Crippen LogP contribution in [0.3, 0.4) is 0 Å². The van der Waals surface area contributed by atoms with Gasteiger partial charge in [0.25, 0.3) is 0 Å². The Hall–Kier alpha value is -2.36. The van der Waals surface area contributed by atoms with E-state index in [4.69, 9.17) is 0 Å². The van der Waals surface area contributed by atoms with E-state index in [1.807, 2.05) is 36.4 Å². The Balaban J connectivity index is 2.27. The first-order valence-corrected chi connectivity index (χ1v) is 5.68. The van der Waals surface area contributed by atoms with Gasteiger partial charge in [0.05, 0.1) is 6.61 Å². The normalized spacial score (nSPS) is 10.1. The van der Waals surface area contributed by atoms with E-state index >= 15 is 0 Å². The van der Waals surface area contributed by atoms with E-state index in [1.165, 1.54) is 0 Å². The summed E-state index contributed by atoms with van der Waals surface area (Å²) in [5.74, 6) is -1.63. The van der Waals surface area contributed by atoms with Crippen LogP contribution >= 0.6 is 0 Å². The molecule has 0 saturated carbocycles. The van der Waals surface area contributed by atoms with Gasteiger partial charge in [0, 0.05) is 11.1 Å². The lowest BCUT2D eigenvalue weighted by atomic mass is 10.1. The van der Waals surface area contributed by atoms with Gasteiger partial charge in [-0.3, -0.25) is 4.79 Å². The first-order valence-electron chi connectivity index (χ1n) is 5.68. The Morgan fingerprint density at radius 1 is 1.11 bits per heavy atom. The lowest BCUT2D eigenvalue weighted by Crippen LogP contribution is -2.25. The second-order valence-electron chi connectivity index (χ2n) is 3.70. The molecule has 0 aromatic heterocycles. The summed E-state index contributed by atoms with van der Waals surface area (Å²) < 4.78 is 4.64. The second-order valence-corrected chi connectivity index (χ2v) is 3.70. The minimum absolute atomic E-state index is 0.182. The predicted molar refractivity (Wildman–Crippen MR) is 69.2 cm³/mol. The third-order valence-corrected chi connectivity index (χ3v) is 2.50. The molecule has 0 saturated heterocycles. The van der Waals surface area contributed by atoms with E-state index in [0.717, 1.165) is 10.8 Å². The van der Waals surface area contributed by atoms with Gasteiger partial charge in [-0.1, -0.05) is 36.4 Å². The zero-order valence-corrected chi connectivity index (χ0v) is 9.97. The molecule has 0 unspecified atom stereocenters. The van der Waals surface area contributed by atoms with Gasteiger partial charge in [0.2, 0.25) is 0 Å². The number of carbonyl (C=O) groups is 2. The van der Waals surface area contributed by atoms with Crippen LogP contribution in [-0.4, -0.2) is 18.5 Å². The van der Waals surface area contributed by atoms with E-state index in [1.54, 1.807) is 13.0 Å². The maximum absolute atomic E-state index is 11.6. The fourth-order valence-electron chi connectivity index (χ4n) is 1.70. The molecule has 0 aliphatic rings. The molecule has 4 heteroatoms. The number of ether oxygens (including phenoxy) is 1. The molecule has 2 rings (SSSR count). The van der Waals surface area contributed by atoms with Gasteiger partial charge in [-0.2, -0.15) is 0 Å². The molecular weight excluding hydrogens is 230 g/mol. The monoisotopic (exact) mass is 243 g/mol. The molecule has 2 aromatic rings. The molecule has 0 bridgehead atoms. The van der Waals surface area contributed by atoms with Crippen LogP contribution in [0.4, 0.5) is 5.69 Å². The van der Waals surface area contributed by atoms with Crippen molar-refractivity contribution in [3.05, 3.63) is 42.5 Å². The molecule has 0 fully saturated rings. The Bertz CT molecular complexity index is 587. The van der Waals surface area contributed by atoms with Crippen LogP contribution in [0.2, 0.25) is 0 Å². The zero-order valence-electron chi connectivity index (χ0n) is 9.97. The van der Waals surface area contributed by atoms with Crippen molar-refractivity contribution in [3.8, 4) is 0 Å². The largest absolute Gasteiger partial charge is 0.459 e. The number of esters is 1. The summed E-state index contributed by atoms with van der Waals surface area (Å²) in [6.07, 6.45) is 0. The SMILES string of the molecule is CCOC(=O)C(=O)Nc1cccc2ccccc12. The third kappa shape index (κ3) is 2.48. The van der Waals surface area contributed by atoms with Crippen molar-refractivity contribution >= 4 is 28.3 Å². The summed E-state index contributed by atoms with van der Waals surface area (Å²) in [7, 11) is 0. The number of amides is 1. The average Bonchev–Trinajstić information content (AvgIpc) is 2.39. The van der Waals surface area contributed by atoms with Crippen molar-refractivity contribution in [3.63, 3.8) is 0 Å². The first-order chi connectivity index (χ1) is 8.72. The Kier molecular flexibility index (Phi) is 3.57. The van der Waals surface area contributed by atoms with Crippen molar-refractivity contribution in [1.29, 1.82) is 0 Å². The van der Waals surface area contributed by atoms with Gasteiger partial charge in [-0.05, 0) is 18.4 Å². The van der Waals surface area contributed by atoms with Crippen LogP contribution in [-0.2, 0) is 14.3 Å². The highest BCUT2D eigenvalue weighted by molar-refractivity contribution is 6.38. The van der Waals surface area contributed by atoms with Crippen LogP contribution in [0.25, 0.3) is 10.8 Å². The fraction of sp³-hybridized carbons (Fsp3) is 0.143. The number of hydrogen-bond acceptors (Lipinski definition) is 3. The highest BCUT2D eigenvalue weighted by Gasteiger charge is 2.15. The molecule has 1 N–H and O–H groups in total. The Morgan fingerprint density at radius 2 is 1.83 bits per heavy atom. The van der Waals surface area contributed by atoms with Crippen molar-refractivity contribution in [2.75, 3.05) is 11.9 Å². The van der Waals surface area contributed by atoms with Crippen molar-refractivity contribution in [1.82, 2.24) is 0 Å². The van der Waals surface area contributed by atoms with Crippen molar-refractivity contribution in [2.24, 2.45) is 0 Å². The number of anilines is 1. The van der Waals surface area contributed by atoms with Gasteiger partial charge >= 0.3 is 11.9 Å². The molecule has 18 heavy (non-hydrogen) atoms. The molecular formula is C14H13NO3. The number of hydrogen-bond donors (Lipinski definition) is 1. The number of rotatable bonds is 2. The van der Waals surface area contributed by atoms with Crippen LogP contribution in [0.5, 0.6) is 0 Å². The van der Waals surface area contributed by atoms with Crippen LogP contribution in [0.1, 0.15) is 6.92 Å². The summed E-state index contributed by atoms with van der Waals surface area (Å²) in [4.78, 5) is 22.8. The summed E-state index contributed by atoms with van der Waals surface area (Å²) in [6.45, 7) is 1.84. The zero-order chi connectivity index (χ0) is 13.0. The second kappa shape index (κ2) is 5.31. The van der Waals surface area contributed by atoms with Crippen LogP contribution < -0.4 is 5.32 Å². The minimum Gasteiger partial charge on any atom is -0.459 e. The topological polar surface area (TPSA) is 55.4 Å². The minimum atomic E-state index is -0.870. The maximum Gasteiger partial charge on any atom is 0.397 e. The molecule has 92 valence electrons. The molecule has 4 nitrogen and oxygen atoms in total. The molecule has 0 heterocycles. The number of benzene rings is 2. The summed E-state index contributed by atoms with van der Waals surface area (Å²) >= 11 is 0. The summed E-state index contributed by atoms with van der Waals surface area (Å²) in [6, 6.07) is 13.1. The third-order valence-electron chi connectivity index (χ3n) is 2.50. The van der Waals surface area contributed by atoms with E-state index in [0.29, 0.717) is 5.69 Å². The van der Waals surface area contributed by atoms with Gasteiger partial charge < -0.3 is 10.1 Å². The molecule has 0 aliphatic carbocycles. The molecule has 2 aromatic carbocycles. The average molecular weight is 243 g/mol. The van der Waals surface area contributed by atoms with E-state index in [9.17, 15) is 9.59 Å². The van der Waals surface area contributed by atoms with E-state index in [2.05, 4.69) is 10.1 Å². The molecule has 0 spiro atoms. The molecule has 0 radical (unpaired) electrons. The lowest BCUT2D eigenvalue weighted by molar-refractivity contribution is -0.152. The van der Waals surface area contributed by atoms with Gasteiger partial charge in [0.1, 0.15) is 0 Å². The quantitative estimate of drug-likeness (QED) is 0.650. The fourth-order valence-corrected chi connectivity index (χ4v) is 1.70. The lowest BCUT2D eigenvalue weighted by Gasteiger charge is -2.07. The number of nitrogens with one attached hydrogen (secondary N) is 1. The van der Waals surface area contributed by atoms with Gasteiger partial charge in [-0.25, -0.2) is 4.79 Å². The Morgan fingerprint density at radius 3 is 2.61 bits per heavy atom. The summed E-state index contributed by atoms with van der Waals surface area (Å²) in [5.41, 5.74) is 0.603. The number of fused-ring (bicyclic) bond motifs is 1. The van der Waals surface area contributed by atoms with E-state index < -0.39 is 11.9 Å². The van der Waals surface area contributed by atoms with Crippen LogP contribution in [0.15, 0.2) is 42.5 Å². The smallest absolute Gasteiger partial charge is 0.397 e. The number of carbonyl (C=O) groups excluding carboxylic acids is 2. The highest BCUT2D eigenvalue weighted by atomic mass is 16.5.